The maximum atomic E-state index is 4.57. The average Bonchev–Trinajstić information content (AvgIpc) is 2.88. The zero-order valence-electron chi connectivity index (χ0n) is 9.14. The molecule has 4 rings (SSSR count). The lowest BCUT2D eigenvalue weighted by molar-refractivity contribution is 0.256. The number of rotatable bonds is 1. The van der Waals surface area contributed by atoms with Gasteiger partial charge in [-0.05, 0) is 59.3 Å². The highest BCUT2D eigenvalue weighted by Crippen LogP contribution is 2.58. The number of piperidine rings is 1. The summed E-state index contributed by atoms with van der Waals surface area (Å²) in [5, 5.41) is 0. The molecule has 1 aromatic heterocycles. The summed E-state index contributed by atoms with van der Waals surface area (Å²) >= 11 is 3.45. The van der Waals surface area contributed by atoms with E-state index in [1.54, 1.807) is 0 Å². The van der Waals surface area contributed by atoms with Crippen molar-refractivity contribution in [1.82, 2.24) is 9.88 Å². The molecular weight excluding hydrogens is 264 g/mol. The fourth-order valence-electron chi connectivity index (χ4n) is 3.83. The first-order chi connectivity index (χ1) is 7.83. The maximum absolute atomic E-state index is 4.57. The third kappa shape index (κ3) is 1.31. The Labute approximate surface area is 104 Å². The fourth-order valence-corrected chi connectivity index (χ4v) is 4.06. The number of nitrogens with zero attached hydrogens (tertiary/aromatic N) is 2. The molecule has 2 bridgehead atoms. The Hall–Kier alpha value is -0.410. The van der Waals surface area contributed by atoms with Crippen LogP contribution in [0.15, 0.2) is 22.8 Å². The molecule has 2 saturated heterocycles. The van der Waals surface area contributed by atoms with Gasteiger partial charge in [0.1, 0.15) is 0 Å². The van der Waals surface area contributed by atoms with Gasteiger partial charge in [-0.25, -0.2) is 0 Å². The Kier molecular flexibility index (Phi) is 1.98. The van der Waals surface area contributed by atoms with E-state index in [0.29, 0.717) is 0 Å². The molecule has 2 nitrogen and oxygen atoms in total. The van der Waals surface area contributed by atoms with Gasteiger partial charge in [0.25, 0.3) is 0 Å². The van der Waals surface area contributed by atoms with E-state index in [0.717, 1.165) is 28.3 Å². The van der Waals surface area contributed by atoms with Gasteiger partial charge < -0.3 is 0 Å². The van der Waals surface area contributed by atoms with Gasteiger partial charge in [-0.2, -0.15) is 0 Å². The maximum Gasteiger partial charge on any atom is 0.0454 e. The highest BCUT2D eigenvalue weighted by molar-refractivity contribution is 9.10. The molecule has 0 spiro atoms. The van der Waals surface area contributed by atoms with E-state index in [1.165, 1.54) is 31.6 Å². The summed E-state index contributed by atoms with van der Waals surface area (Å²) in [4.78, 5) is 7.28. The summed E-state index contributed by atoms with van der Waals surface area (Å²) in [6, 6.07) is 5.15. The summed E-state index contributed by atoms with van der Waals surface area (Å²) in [7, 11) is 0. The van der Waals surface area contributed by atoms with Gasteiger partial charge in [-0.3, -0.25) is 9.88 Å². The molecule has 0 aromatic carbocycles. The van der Waals surface area contributed by atoms with E-state index >= 15 is 0 Å². The molecule has 3 fully saturated rings. The van der Waals surface area contributed by atoms with E-state index in [9.17, 15) is 0 Å². The van der Waals surface area contributed by atoms with Crippen LogP contribution in [0.4, 0.5) is 0 Å². The van der Waals surface area contributed by atoms with Crippen LogP contribution in [0.1, 0.15) is 24.5 Å². The van der Waals surface area contributed by atoms with E-state index in [-0.39, 0.29) is 0 Å². The molecule has 3 heteroatoms. The molecule has 5 unspecified atom stereocenters. The number of halogens is 1. The van der Waals surface area contributed by atoms with Crippen LogP contribution in [-0.4, -0.2) is 29.0 Å². The molecule has 16 heavy (non-hydrogen) atoms. The lowest BCUT2D eigenvalue weighted by atomic mass is 9.99. The predicted octanol–water partition coefficient (Wildman–Crippen LogP) is 2.65. The zero-order chi connectivity index (χ0) is 10.7. The molecule has 3 aliphatic rings. The Bertz CT molecular complexity index is 416. The first kappa shape index (κ1) is 9.60. The lowest BCUT2D eigenvalue weighted by Gasteiger charge is -2.20. The molecule has 1 aliphatic carbocycles. The van der Waals surface area contributed by atoms with Crippen molar-refractivity contribution in [3.63, 3.8) is 0 Å². The molecule has 1 saturated carbocycles. The predicted molar refractivity (Wildman–Crippen MR) is 66.3 cm³/mol. The summed E-state index contributed by atoms with van der Waals surface area (Å²) in [5.74, 6) is 2.63. The molecule has 5 atom stereocenters. The van der Waals surface area contributed by atoms with Gasteiger partial charge >= 0.3 is 0 Å². The first-order valence-electron chi connectivity index (χ1n) is 6.18. The van der Waals surface area contributed by atoms with Crippen molar-refractivity contribution in [1.29, 1.82) is 0 Å². The number of hydrogen-bond acceptors (Lipinski definition) is 2. The van der Waals surface area contributed by atoms with Crippen LogP contribution in [0, 0.1) is 11.8 Å². The van der Waals surface area contributed by atoms with E-state index < -0.39 is 0 Å². The fraction of sp³-hybridized carbons (Fsp3) is 0.615. The van der Waals surface area contributed by atoms with Crippen molar-refractivity contribution < 1.29 is 0 Å². The van der Waals surface area contributed by atoms with Crippen molar-refractivity contribution in [3.8, 4) is 0 Å². The Morgan fingerprint density at radius 2 is 2.31 bits per heavy atom. The first-order valence-corrected chi connectivity index (χ1v) is 6.98. The smallest absolute Gasteiger partial charge is 0.0454 e. The minimum absolute atomic E-state index is 0.735. The van der Waals surface area contributed by atoms with Crippen LogP contribution in [0.2, 0.25) is 0 Å². The second-order valence-electron chi connectivity index (χ2n) is 5.47. The van der Waals surface area contributed by atoms with Crippen LogP contribution in [0.5, 0.6) is 0 Å². The van der Waals surface area contributed by atoms with Crippen molar-refractivity contribution in [2.75, 3.05) is 13.1 Å². The van der Waals surface area contributed by atoms with E-state index in [2.05, 4.69) is 37.9 Å². The summed E-state index contributed by atoms with van der Waals surface area (Å²) in [5.41, 5.74) is 1.31. The number of pyridine rings is 1. The van der Waals surface area contributed by atoms with Gasteiger partial charge in [0.2, 0.25) is 0 Å². The Morgan fingerprint density at radius 1 is 1.38 bits per heavy atom. The highest BCUT2D eigenvalue weighted by atomic mass is 79.9. The van der Waals surface area contributed by atoms with Crippen molar-refractivity contribution in [2.24, 2.45) is 11.8 Å². The minimum Gasteiger partial charge on any atom is -0.299 e. The largest absolute Gasteiger partial charge is 0.299 e. The lowest BCUT2D eigenvalue weighted by Crippen LogP contribution is -2.28. The molecular formula is C13H15BrN2. The SMILES string of the molecule is Brc1ccc(C2C3CC4CCN(C4)C32)nc1. The van der Waals surface area contributed by atoms with E-state index in [4.69, 9.17) is 0 Å². The minimum atomic E-state index is 0.735. The standard InChI is InChI=1S/C13H15BrN2/c14-9-1-2-11(15-6-9)12-10-5-8-3-4-16(7-8)13(10)12/h1-2,6,8,10,12-13H,3-5,7H2. The summed E-state index contributed by atoms with van der Waals surface area (Å²) in [6.07, 6.45) is 4.82. The molecule has 0 N–H and O–H groups in total. The monoisotopic (exact) mass is 278 g/mol. The van der Waals surface area contributed by atoms with Crippen LogP contribution < -0.4 is 0 Å². The van der Waals surface area contributed by atoms with Crippen LogP contribution in [0.3, 0.4) is 0 Å². The number of hydrogen-bond donors (Lipinski definition) is 0. The Balaban J connectivity index is 1.61. The quantitative estimate of drug-likeness (QED) is 0.785. The van der Waals surface area contributed by atoms with Crippen LogP contribution in [0.25, 0.3) is 0 Å². The molecule has 84 valence electrons. The molecule has 3 heterocycles. The molecule has 0 radical (unpaired) electrons. The van der Waals surface area contributed by atoms with Crippen molar-refractivity contribution in [2.45, 2.75) is 24.8 Å². The zero-order valence-corrected chi connectivity index (χ0v) is 10.7. The molecule has 0 amide bonds. The number of fused-ring (bicyclic) bond motifs is 4. The molecule has 1 aromatic rings. The summed E-state index contributed by atoms with van der Waals surface area (Å²) < 4.78 is 1.08. The topological polar surface area (TPSA) is 16.1 Å². The summed E-state index contributed by atoms with van der Waals surface area (Å²) in [6.45, 7) is 2.69. The number of aromatic nitrogens is 1. The van der Waals surface area contributed by atoms with Gasteiger partial charge in [0.05, 0.1) is 0 Å². The third-order valence-electron chi connectivity index (χ3n) is 4.56. The second-order valence-corrected chi connectivity index (χ2v) is 6.38. The molecule has 2 aliphatic heterocycles. The van der Waals surface area contributed by atoms with Gasteiger partial charge in [-0.15, -0.1) is 0 Å². The third-order valence-corrected chi connectivity index (χ3v) is 5.03. The van der Waals surface area contributed by atoms with Crippen LogP contribution >= 0.6 is 15.9 Å². The van der Waals surface area contributed by atoms with E-state index in [1.807, 2.05) is 6.20 Å². The average molecular weight is 279 g/mol. The highest BCUT2D eigenvalue weighted by Gasteiger charge is 2.59. The van der Waals surface area contributed by atoms with Gasteiger partial charge in [0, 0.05) is 34.9 Å². The van der Waals surface area contributed by atoms with Crippen molar-refractivity contribution >= 4 is 15.9 Å². The van der Waals surface area contributed by atoms with Crippen LogP contribution in [-0.2, 0) is 0 Å². The van der Waals surface area contributed by atoms with Gasteiger partial charge in [-0.1, -0.05) is 0 Å². The Morgan fingerprint density at radius 3 is 3.12 bits per heavy atom. The van der Waals surface area contributed by atoms with Crippen molar-refractivity contribution in [3.05, 3.63) is 28.5 Å². The van der Waals surface area contributed by atoms with Gasteiger partial charge in [0.15, 0.2) is 0 Å². The normalized spacial score (nSPS) is 44.2. The second kappa shape index (κ2) is 3.30.